The Kier molecular flexibility index (Phi) is 4.46. The molecular weight excluding hydrogens is 256 g/mol. The van der Waals surface area contributed by atoms with E-state index in [1.165, 1.54) is 6.20 Å². The summed E-state index contributed by atoms with van der Waals surface area (Å²) in [5, 5.41) is 25.2. The van der Waals surface area contributed by atoms with E-state index in [-0.39, 0.29) is 11.4 Å². The van der Waals surface area contributed by atoms with Gasteiger partial charge in [-0.2, -0.15) is 10.5 Å². The number of aromatic nitrogens is 4. The van der Waals surface area contributed by atoms with E-state index >= 15 is 0 Å². The normalized spacial score (nSPS) is 10.7. The van der Waals surface area contributed by atoms with Gasteiger partial charge in [0.25, 0.3) is 0 Å². The third-order valence-corrected chi connectivity index (χ3v) is 2.31. The van der Waals surface area contributed by atoms with Crippen LogP contribution < -0.4 is 10.1 Å². The number of anilines is 1. The maximum atomic E-state index is 9.01. The molecule has 0 unspecified atom stereocenters. The molecule has 0 aliphatic heterocycles. The van der Waals surface area contributed by atoms with Crippen molar-refractivity contribution in [2.45, 2.75) is 0 Å². The van der Waals surface area contributed by atoms with Crippen LogP contribution in [0.1, 0.15) is 5.82 Å². The predicted octanol–water partition coefficient (Wildman–Crippen LogP) is 1.74. The fourth-order valence-corrected chi connectivity index (χ4v) is 1.38. The molecule has 0 aliphatic carbocycles. The lowest BCUT2D eigenvalue weighted by Crippen LogP contribution is -1.94. The lowest BCUT2D eigenvalue weighted by Gasteiger charge is -2.05. The summed E-state index contributed by atoms with van der Waals surface area (Å²) in [5.41, 5.74) is 1.10. The Morgan fingerprint density at radius 3 is 2.85 bits per heavy atom. The molecular formula is C13H12N6O. The molecule has 0 amide bonds. The number of nitrogens with zero attached hydrogens (tertiary/aromatic N) is 4. The third-order valence-electron chi connectivity index (χ3n) is 2.31. The van der Waals surface area contributed by atoms with Crippen LogP contribution in [0.15, 0.2) is 43.1 Å². The van der Waals surface area contributed by atoms with Crippen LogP contribution in [0, 0.1) is 11.3 Å². The summed E-state index contributed by atoms with van der Waals surface area (Å²) in [6.45, 7) is 4.04. The number of rotatable bonds is 6. The van der Waals surface area contributed by atoms with E-state index in [1.807, 2.05) is 30.3 Å². The number of hydrogen-bond donors (Lipinski definition) is 2. The average Bonchev–Trinajstić information content (AvgIpc) is 3.01. The molecule has 0 bridgehead atoms. The van der Waals surface area contributed by atoms with E-state index in [0.717, 1.165) is 11.4 Å². The van der Waals surface area contributed by atoms with Gasteiger partial charge in [0.1, 0.15) is 24.0 Å². The van der Waals surface area contributed by atoms with Crippen LogP contribution in [0.5, 0.6) is 5.75 Å². The minimum absolute atomic E-state index is 0.242. The average molecular weight is 268 g/mol. The van der Waals surface area contributed by atoms with Gasteiger partial charge in [0.2, 0.25) is 5.82 Å². The minimum atomic E-state index is 0.242. The highest BCUT2D eigenvalue weighted by atomic mass is 16.5. The fraction of sp³-hybridized carbons (Fsp3) is 0.0769. The molecule has 2 aromatic rings. The number of H-pyrrole nitrogens is 1. The summed E-state index contributed by atoms with van der Waals surface area (Å²) in [4.78, 5) is 0. The van der Waals surface area contributed by atoms with Gasteiger partial charge in [0.05, 0.1) is 0 Å². The highest BCUT2D eigenvalue weighted by Crippen LogP contribution is 2.16. The van der Waals surface area contributed by atoms with Crippen molar-refractivity contribution in [1.82, 2.24) is 20.6 Å². The number of hydrogen-bond acceptors (Lipinski definition) is 6. The van der Waals surface area contributed by atoms with Gasteiger partial charge < -0.3 is 10.1 Å². The first-order chi connectivity index (χ1) is 9.83. The Bertz CT molecular complexity index is 624. The number of aromatic amines is 1. The van der Waals surface area contributed by atoms with E-state index in [0.29, 0.717) is 6.61 Å². The van der Waals surface area contributed by atoms with Gasteiger partial charge >= 0.3 is 0 Å². The van der Waals surface area contributed by atoms with Crippen LogP contribution in [-0.2, 0) is 0 Å². The molecule has 0 saturated carbocycles. The van der Waals surface area contributed by atoms with Crippen LogP contribution in [-0.4, -0.2) is 27.2 Å². The van der Waals surface area contributed by atoms with Crippen molar-refractivity contribution in [2.75, 3.05) is 11.9 Å². The van der Waals surface area contributed by atoms with Gasteiger partial charge in [0.15, 0.2) is 0 Å². The maximum absolute atomic E-state index is 9.01. The third kappa shape index (κ3) is 3.43. The molecule has 1 aromatic carbocycles. The van der Waals surface area contributed by atoms with Crippen LogP contribution >= 0.6 is 0 Å². The van der Waals surface area contributed by atoms with Crippen LogP contribution in [0.3, 0.4) is 0 Å². The molecule has 0 atom stereocenters. The predicted molar refractivity (Wildman–Crippen MR) is 73.5 cm³/mol. The van der Waals surface area contributed by atoms with E-state index in [9.17, 15) is 0 Å². The molecule has 0 spiro atoms. The summed E-state index contributed by atoms with van der Waals surface area (Å²) in [6, 6.07) is 9.30. The van der Waals surface area contributed by atoms with Gasteiger partial charge in [-0.05, 0) is 29.5 Å². The Morgan fingerprint density at radius 2 is 2.25 bits per heavy atom. The Balaban J connectivity index is 2.03. The smallest absolute Gasteiger partial charge is 0.216 e. The van der Waals surface area contributed by atoms with Crippen molar-refractivity contribution >= 4 is 11.3 Å². The van der Waals surface area contributed by atoms with Gasteiger partial charge in [-0.3, -0.25) is 0 Å². The fourth-order valence-electron chi connectivity index (χ4n) is 1.38. The van der Waals surface area contributed by atoms with Crippen molar-refractivity contribution in [3.05, 3.63) is 48.9 Å². The van der Waals surface area contributed by atoms with E-state index in [1.54, 1.807) is 6.08 Å². The van der Waals surface area contributed by atoms with Crippen molar-refractivity contribution in [3.8, 4) is 11.8 Å². The summed E-state index contributed by atoms with van der Waals surface area (Å²) in [5.74, 6) is 0.990. The summed E-state index contributed by atoms with van der Waals surface area (Å²) in [7, 11) is 0. The highest BCUT2D eigenvalue weighted by Gasteiger charge is 2.05. The van der Waals surface area contributed by atoms with E-state index in [4.69, 9.17) is 10.00 Å². The van der Waals surface area contributed by atoms with E-state index < -0.39 is 0 Å². The summed E-state index contributed by atoms with van der Waals surface area (Å²) in [6.07, 6.45) is 3.20. The number of allylic oxidation sites excluding steroid dienone is 1. The first-order valence-electron chi connectivity index (χ1n) is 5.78. The van der Waals surface area contributed by atoms with Gasteiger partial charge in [-0.15, -0.1) is 10.2 Å². The molecule has 20 heavy (non-hydrogen) atoms. The zero-order chi connectivity index (χ0) is 14.2. The second kappa shape index (κ2) is 6.70. The van der Waals surface area contributed by atoms with Crippen molar-refractivity contribution < 1.29 is 4.74 Å². The molecule has 7 heteroatoms. The zero-order valence-corrected chi connectivity index (χ0v) is 10.6. The summed E-state index contributed by atoms with van der Waals surface area (Å²) >= 11 is 0. The molecule has 2 N–H and O–H groups in total. The highest BCUT2D eigenvalue weighted by molar-refractivity contribution is 5.74. The standard InChI is InChI=1S/C13H12N6O/c1-2-7-20-12-5-3-11(4-6-12)15-9-10(8-14)13-16-18-19-17-13/h2-6,9,15H,1,7H2,(H,16,17,18,19). The number of benzene rings is 1. The molecule has 7 nitrogen and oxygen atoms in total. The first kappa shape index (κ1) is 13.3. The second-order valence-corrected chi connectivity index (χ2v) is 3.67. The molecule has 0 fully saturated rings. The van der Waals surface area contributed by atoms with Crippen LogP contribution in [0.4, 0.5) is 5.69 Å². The number of tetrazole rings is 1. The molecule has 0 radical (unpaired) electrons. The van der Waals surface area contributed by atoms with Crippen molar-refractivity contribution in [3.63, 3.8) is 0 Å². The van der Waals surface area contributed by atoms with Crippen molar-refractivity contribution in [1.29, 1.82) is 5.26 Å². The molecule has 0 aliphatic rings. The number of nitrogens with one attached hydrogen (secondary N) is 2. The summed E-state index contributed by atoms with van der Waals surface area (Å²) < 4.78 is 5.37. The van der Waals surface area contributed by atoms with Gasteiger partial charge in [0, 0.05) is 11.9 Å². The molecule has 1 aromatic heterocycles. The largest absolute Gasteiger partial charge is 0.490 e. The lowest BCUT2D eigenvalue weighted by molar-refractivity contribution is 0.363. The Morgan fingerprint density at radius 1 is 1.45 bits per heavy atom. The second-order valence-electron chi connectivity index (χ2n) is 3.67. The minimum Gasteiger partial charge on any atom is -0.490 e. The molecule has 1 heterocycles. The van der Waals surface area contributed by atoms with Crippen LogP contribution in [0.2, 0.25) is 0 Å². The quantitative estimate of drug-likeness (QED) is 0.611. The SMILES string of the molecule is C=CCOc1ccc(NC=C(C#N)c2nn[nH]n2)cc1. The van der Waals surface area contributed by atoms with Gasteiger partial charge in [-0.25, -0.2) is 0 Å². The molecule has 2 rings (SSSR count). The molecule has 100 valence electrons. The Hall–Kier alpha value is -3.14. The number of nitriles is 1. The van der Waals surface area contributed by atoms with Crippen molar-refractivity contribution in [2.24, 2.45) is 0 Å². The number of ether oxygens (including phenoxy) is 1. The zero-order valence-electron chi connectivity index (χ0n) is 10.6. The lowest BCUT2D eigenvalue weighted by atomic mass is 10.3. The Labute approximate surface area is 115 Å². The monoisotopic (exact) mass is 268 g/mol. The maximum Gasteiger partial charge on any atom is 0.216 e. The van der Waals surface area contributed by atoms with Gasteiger partial charge in [-0.1, -0.05) is 12.7 Å². The topological polar surface area (TPSA) is 99.5 Å². The van der Waals surface area contributed by atoms with Crippen LogP contribution in [0.25, 0.3) is 5.57 Å². The van der Waals surface area contributed by atoms with E-state index in [2.05, 4.69) is 32.5 Å². The molecule has 0 saturated heterocycles. The first-order valence-corrected chi connectivity index (χ1v) is 5.78.